The lowest BCUT2D eigenvalue weighted by molar-refractivity contribution is -0.910. The molecule has 1 unspecified atom stereocenters. The molecule has 0 bridgehead atoms. The van der Waals surface area contributed by atoms with Crippen LogP contribution in [0.15, 0.2) is 42.5 Å². The van der Waals surface area contributed by atoms with Crippen molar-refractivity contribution in [3.8, 4) is 11.5 Å². The van der Waals surface area contributed by atoms with Crippen LogP contribution in [0.2, 0.25) is 0 Å². The van der Waals surface area contributed by atoms with Crippen LogP contribution in [0.5, 0.6) is 11.5 Å². The van der Waals surface area contributed by atoms with Crippen LogP contribution < -0.4 is 19.7 Å². The summed E-state index contributed by atoms with van der Waals surface area (Å²) in [6.45, 7) is 3.44. The standard InChI is InChI=1S/C21H26N2O3/c1-15-7-4-5-8-18(15)22-21(24)14-23-12-6-9-19(23)17-11-10-16(25-2)13-20(17)26-3/h4-5,7-8,10-11,13,19H,6,9,12,14H2,1-3H3,(H,22,24)/p+1/t19-/m1/s1. The number of ether oxygens (including phenoxy) is 2. The summed E-state index contributed by atoms with van der Waals surface area (Å²) < 4.78 is 10.9. The molecule has 1 fully saturated rings. The van der Waals surface area contributed by atoms with Crippen molar-refractivity contribution in [2.45, 2.75) is 25.8 Å². The molecule has 2 aromatic carbocycles. The minimum atomic E-state index is 0.0497. The Balaban J connectivity index is 1.72. The van der Waals surface area contributed by atoms with E-state index in [1.165, 1.54) is 4.90 Å². The van der Waals surface area contributed by atoms with Crippen molar-refractivity contribution in [1.82, 2.24) is 0 Å². The van der Waals surface area contributed by atoms with E-state index in [1.54, 1.807) is 14.2 Å². The number of quaternary nitrogens is 1. The maximum absolute atomic E-state index is 12.6. The number of amides is 1. The third kappa shape index (κ3) is 3.99. The molecule has 0 spiro atoms. The first-order valence-electron chi connectivity index (χ1n) is 9.04. The van der Waals surface area contributed by atoms with E-state index in [4.69, 9.17) is 9.47 Å². The summed E-state index contributed by atoms with van der Waals surface area (Å²) in [5.41, 5.74) is 3.10. The summed E-state index contributed by atoms with van der Waals surface area (Å²) in [6, 6.07) is 14.1. The molecule has 2 N–H and O–H groups in total. The highest BCUT2D eigenvalue weighted by Crippen LogP contribution is 2.31. The molecule has 2 atom stereocenters. The lowest BCUT2D eigenvalue weighted by atomic mass is 10.0. The molecule has 3 rings (SSSR count). The summed E-state index contributed by atoms with van der Waals surface area (Å²) in [5.74, 6) is 1.66. The van der Waals surface area contributed by atoms with Crippen molar-refractivity contribution in [1.29, 1.82) is 0 Å². The number of hydrogen-bond acceptors (Lipinski definition) is 3. The largest absolute Gasteiger partial charge is 0.497 e. The van der Waals surface area contributed by atoms with Gasteiger partial charge in [-0.05, 0) is 30.7 Å². The summed E-state index contributed by atoms with van der Waals surface area (Å²) >= 11 is 0. The lowest BCUT2D eigenvalue weighted by Crippen LogP contribution is -3.11. The van der Waals surface area contributed by atoms with E-state index < -0.39 is 0 Å². The Morgan fingerprint density at radius 2 is 2.00 bits per heavy atom. The predicted molar refractivity (Wildman–Crippen MR) is 102 cm³/mol. The van der Waals surface area contributed by atoms with Crippen LogP contribution in [0.25, 0.3) is 0 Å². The Bertz CT molecular complexity index is 776. The number of nitrogens with one attached hydrogen (secondary N) is 2. The van der Waals surface area contributed by atoms with E-state index in [0.29, 0.717) is 6.54 Å². The smallest absolute Gasteiger partial charge is 0.279 e. The minimum Gasteiger partial charge on any atom is -0.497 e. The van der Waals surface area contributed by atoms with Gasteiger partial charge in [0.1, 0.15) is 17.5 Å². The molecule has 1 heterocycles. The van der Waals surface area contributed by atoms with Crippen LogP contribution in [0.1, 0.15) is 30.0 Å². The van der Waals surface area contributed by atoms with Crippen molar-refractivity contribution in [3.05, 3.63) is 53.6 Å². The molecule has 0 aliphatic carbocycles. The van der Waals surface area contributed by atoms with Gasteiger partial charge in [-0.3, -0.25) is 4.79 Å². The maximum Gasteiger partial charge on any atom is 0.279 e. The number of likely N-dealkylation sites (tertiary alicyclic amines) is 1. The molecule has 138 valence electrons. The number of rotatable bonds is 6. The fraction of sp³-hybridized carbons (Fsp3) is 0.381. The summed E-state index contributed by atoms with van der Waals surface area (Å²) in [6.07, 6.45) is 2.16. The number of carbonyl (C=O) groups excluding carboxylic acids is 1. The topological polar surface area (TPSA) is 52.0 Å². The lowest BCUT2D eigenvalue weighted by Gasteiger charge is -2.23. The quantitative estimate of drug-likeness (QED) is 0.836. The molecule has 5 nitrogen and oxygen atoms in total. The van der Waals surface area contributed by atoms with Gasteiger partial charge in [0.2, 0.25) is 0 Å². The Kier molecular flexibility index (Phi) is 5.78. The average molecular weight is 355 g/mol. The van der Waals surface area contributed by atoms with Crippen LogP contribution in [0.4, 0.5) is 5.69 Å². The van der Waals surface area contributed by atoms with Gasteiger partial charge in [-0.2, -0.15) is 0 Å². The molecule has 0 aromatic heterocycles. The molecule has 5 heteroatoms. The molecule has 1 aliphatic heterocycles. The summed E-state index contributed by atoms with van der Waals surface area (Å²) in [7, 11) is 3.33. The van der Waals surface area contributed by atoms with E-state index in [-0.39, 0.29) is 11.9 Å². The van der Waals surface area contributed by atoms with Gasteiger partial charge >= 0.3 is 0 Å². The first kappa shape index (κ1) is 18.3. The second kappa shape index (κ2) is 8.23. The molecule has 1 amide bonds. The Morgan fingerprint density at radius 1 is 1.19 bits per heavy atom. The van der Waals surface area contributed by atoms with E-state index >= 15 is 0 Å². The Labute approximate surface area is 154 Å². The number of aryl methyl sites for hydroxylation is 1. The maximum atomic E-state index is 12.6. The third-order valence-electron chi connectivity index (χ3n) is 5.11. The van der Waals surface area contributed by atoms with Gasteiger partial charge in [0.25, 0.3) is 5.91 Å². The SMILES string of the molecule is COc1ccc([C@H]2CCC[NH+]2CC(=O)Nc2ccccc2C)c(OC)c1. The zero-order valence-electron chi connectivity index (χ0n) is 15.7. The second-order valence-corrected chi connectivity index (χ2v) is 6.75. The van der Waals surface area contributed by atoms with Gasteiger partial charge in [0, 0.05) is 24.6 Å². The monoisotopic (exact) mass is 355 g/mol. The van der Waals surface area contributed by atoms with Crippen molar-refractivity contribution in [2.24, 2.45) is 0 Å². The fourth-order valence-corrected chi connectivity index (χ4v) is 3.72. The molecule has 26 heavy (non-hydrogen) atoms. The van der Waals surface area contributed by atoms with Crippen molar-refractivity contribution in [3.63, 3.8) is 0 Å². The number of para-hydroxylation sites is 1. The summed E-state index contributed by atoms with van der Waals surface area (Å²) in [5, 5.41) is 3.04. The van der Waals surface area contributed by atoms with Gasteiger partial charge in [0.05, 0.1) is 26.3 Å². The van der Waals surface area contributed by atoms with E-state index in [2.05, 4.69) is 11.4 Å². The van der Waals surface area contributed by atoms with Crippen LogP contribution in [0, 0.1) is 6.92 Å². The van der Waals surface area contributed by atoms with Crippen molar-refractivity contribution in [2.75, 3.05) is 32.6 Å². The minimum absolute atomic E-state index is 0.0497. The van der Waals surface area contributed by atoms with Gasteiger partial charge < -0.3 is 19.7 Å². The van der Waals surface area contributed by atoms with Crippen LogP contribution >= 0.6 is 0 Å². The van der Waals surface area contributed by atoms with Gasteiger partial charge in [0.15, 0.2) is 6.54 Å². The first-order valence-corrected chi connectivity index (χ1v) is 9.04. The normalized spacial score (nSPS) is 19.2. The molecular weight excluding hydrogens is 328 g/mol. The van der Waals surface area contributed by atoms with Crippen molar-refractivity contribution < 1.29 is 19.2 Å². The van der Waals surface area contributed by atoms with Gasteiger partial charge in [-0.1, -0.05) is 18.2 Å². The highest BCUT2D eigenvalue weighted by Gasteiger charge is 2.33. The Morgan fingerprint density at radius 3 is 2.73 bits per heavy atom. The van der Waals surface area contributed by atoms with E-state index in [0.717, 1.165) is 47.7 Å². The number of benzene rings is 2. The fourth-order valence-electron chi connectivity index (χ4n) is 3.72. The van der Waals surface area contributed by atoms with Crippen LogP contribution in [-0.2, 0) is 4.79 Å². The predicted octanol–water partition coefficient (Wildman–Crippen LogP) is 2.37. The molecular formula is C21H27N2O3+. The first-order chi connectivity index (χ1) is 12.6. The zero-order chi connectivity index (χ0) is 18.5. The van der Waals surface area contributed by atoms with Crippen LogP contribution in [-0.4, -0.2) is 33.2 Å². The Hall–Kier alpha value is -2.53. The highest BCUT2D eigenvalue weighted by molar-refractivity contribution is 5.92. The molecule has 1 aliphatic rings. The van der Waals surface area contributed by atoms with Crippen molar-refractivity contribution >= 4 is 11.6 Å². The average Bonchev–Trinajstić information content (AvgIpc) is 3.10. The zero-order valence-corrected chi connectivity index (χ0v) is 15.7. The molecule has 1 saturated heterocycles. The molecule has 0 radical (unpaired) electrons. The second-order valence-electron chi connectivity index (χ2n) is 6.75. The van der Waals surface area contributed by atoms with Gasteiger partial charge in [-0.25, -0.2) is 0 Å². The number of methoxy groups -OCH3 is 2. The number of carbonyl (C=O) groups is 1. The third-order valence-corrected chi connectivity index (χ3v) is 5.11. The number of anilines is 1. The summed E-state index contributed by atoms with van der Waals surface area (Å²) in [4.78, 5) is 13.8. The van der Waals surface area contributed by atoms with E-state index in [9.17, 15) is 4.79 Å². The van der Waals surface area contributed by atoms with E-state index in [1.807, 2.05) is 43.3 Å². The van der Waals surface area contributed by atoms with Crippen LogP contribution in [0.3, 0.4) is 0 Å². The molecule has 2 aromatic rings. The molecule has 0 saturated carbocycles. The number of hydrogen-bond donors (Lipinski definition) is 2. The highest BCUT2D eigenvalue weighted by atomic mass is 16.5. The van der Waals surface area contributed by atoms with Gasteiger partial charge in [-0.15, -0.1) is 0 Å².